The Balaban J connectivity index is 2.54. The van der Waals surface area contributed by atoms with Crippen LogP contribution >= 0.6 is 0 Å². The number of carbonyl (C=O) groups excluding carboxylic acids is 1. The van der Waals surface area contributed by atoms with Crippen molar-refractivity contribution in [2.45, 2.75) is 37.4 Å². The Morgan fingerprint density at radius 3 is 2.43 bits per heavy atom. The Kier molecular flexibility index (Phi) is 3.94. The molecule has 0 saturated carbocycles. The molecule has 1 aliphatic heterocycles. The van der Waals surface area contributed by atoms with Crippen LogP contribution in [0, 0.1) is 5.82 Å². The predicted molar refractivity (Wildman–Crippen MR) is 72.1 cm³/mol. The van der Waals surface area contributed by atoms with E-state index in [-0.39, 0.29) is 5.69 Å². The number of primary amides is 1. The molecule has 0 bridgehead atoms. The first-order chi connectivity index (χ1) is 10.4. The van der Waals surface area contributed by atoms with Crippen molar-refractivity contribution in [3.05, 3.63) is 29.3 Å². The highest BCUT2D eigenvalue weighted by atomic mass is 19.4. The van der Waals surface area contributed by atoms with E-state index < -0.39 is 41.0 Å². The molecule has 1 aromatic rings. The Morgan fingerprint density at radius 2 is 1.96 bits per heavy atom. The summed E-state index contributed by atoms with van der Waals surface area (Å²) >= 11 is 0. The molecule has 0 aliphatic carbocycles. The van der Waals surface area contributed by atoms with E-state index in [1.54, 1.807) is 0 Å². The summed E-state index contributed by atoms with van der Waals surface area (Å²) in [5, 5.41) is 0. The molecule has 10 heteroatoms. The fourth-order valence-corrected chi connectivity index (χ4v) is 2.01. The van der Waals surface area contributed by atoms with Gasteiger partial charge in [0.2, 0.25) is 0 Å². The minimum atomic E-state index is -4.75. The number of nitrogens with two attached hydrogens (primary N) is 2. The molecule has 1 aliphatic rings. The van der Waals surface area contributed by atoms with E-state index in [0.717, 1.165) is 19.1 Å². The molecule has 0 radical (unpaired) electrons. The first-order valence-electron chi connectivity index (χ1n) is 6.44. The molecule has 4 N–H and O–H groups in total. The number of rotatable bonds is 2. The highest BCUT2D eigenvalue weighted by molar-refractivity contribution is 5.90. The Labute approximate surface area is 128 Å². The zero-order chi connectivity index (χ0) is 17.6. The van der Waals surface area contributed by atoms with Gasteiger partial charge in [-0.3, -0.25) is 9.79 Å². The average molecular weight is 334 g/mol. The summed E-state index contributed by atoms with van der Waals surface area (Å²) in [6.45, 7) is 2.00. The number of ether oxygens (including phenoxy) is 1. The van der Waals surface area contributed by atoms with E-state index in [0.29, 0.717) is 6.21 Å². The van der Waals surface area contributed by atoms with Gasteiger partial charge in [-0.2, -0.15) is 13.2 Å². The normalized spacial score (nSPS) is 31.2. The number of aromatic nitrogens is 1. The summed E-state index contributed by atoms with van der Waals surface area (Å²) in [6, 6.07) is 1.96. The van der Waals surface area contributed by atoms with Gasteiger partial charge in [-0.15, -0.1) is 0 Å². The molecule has 2 rings (SSSR count). The van der Waals surface area contributed by atoms with Crippen LogP contribution < -0.4 is 11.5 Å². The Morgan fingerprint density at radius 1 is 1.35 bits per heavy atom. The summed E-state index contributed by atoms with van der Waals surface area (Å²) in [6.07, 6.45) is -5.89. The summed E-state index contributed by atoms with van der Waals surface area (Å²) in [5.41, 5.74) is 5.57. The molecule has 1 amide bonds. The lowest BCUT2D eigenvalue weighted by Gasteiger charge is -2.42. The third-order valence-electron chi connectivity index (χ3n) is 3.65. The van der Waals surface area contributed by atoms with Crippen LogP contribution in [-0.4, -0.2) is 35.1 Å². The maximum absolute atomic E-state index is 14.0. The zero-order valence-corrected chi connectivity index (χ0v) is 12.2. The van der Waals surface area contributed by atoms with Crippen LogP contribution in [0.4, 0.5) is 17.6 Å². The van der Waals surface area contributed by atoms with E-state index in [1.807, 2.05) is 0 Å². The van der Waals surface area contributed by atoms with Crippen LogP contribution in [0.25, 0.3) is 0 Å². The van der Waals surface area contributed by atoms with Crippen molar-refractivity contribution in [3.63, 3.8) is 0 Å². The lowest BCUT2D eigenvalue weighted by molar-refractivity contribution is -0.263. The number of alkyl halides is 3. The van der Waals surface area contributed by atoms with Crippen LogP contribution in [0.3, 0.4) is 0 Å². The summed E-state index contributed by atoms with van der Waals surface area (Å²) in [4.78, 5) is 18.6. The van der Waals surface area contributed by atoms with Gasteiger partial charge in [0.05, 0.1) is 0 Å². The van der Waals surface area contributed by atoms with Gasteiger partial charge in [0.15, 0.2) is 5.60 Å². The van der Waals surface area contributed by atoms with Crippen LogP contribution in [0.2, 0.25) is 0 Å². The number of hydrogen-bond acceptors (Lipinski definition) is 5. The van der Waals surface area contributed by atoms with Gasteiger partial charge < -0.3 is 16.2 Å². The van der Waals surface area contributed by atoms with Crippen molar-refractivity contribution in [1.29, 1.82) is 0 Å². The first-order valence-corrected chi connectivity index (χ1v) is 6.44. The van der Waals surface area contributed by atoms with Crippen molar-refractivity contribution < 1.29 is 27.1 Å². The number of pyridine rings is 1. The Hall–Kier alpha value is -2.07. The van der Waals surface area contributed by atoms with Crippen molar-refractivity contribution in [1.82, 2.24) is 4.98 Å². The highest BCUT2D eigenvalue weighted by Crippen LogP contribution is 2.41. The minimum Gasteiger partial charge on any atom is -0.364 e. The molecule has 3 atom stereocenters. The average Bonchev–Trinajstić information content (AvgIpc) is 2.42. The minimum absolute atomic E-state index is 0.269. The summed E-state index contributed by atoms with van der Waals surface area (Å²) in [5.74, 6) is -1.83. The predicted octanol–water partition coefficient (Wildman–Crippen LogP) is 1.24. The standard InChI is InChI=1S/C13H14F4N4O2/c1-11(13(15,16)17)5-20-12(2,10(19)23-11)8-6(14)3-4-7(21-8)9(18)22/h3-5,10H,19H2,1-2H3,(H2,18,22)/t10?,11-,12-/m1/s1. The van der Waals surface area contributed by atoms with Crippen LogP contribution in [-0.2, 0) is 10.3 Å². The van der Waals surface area contributed by atoms with E-state index in [4.69, 9.17) is 16.2 Å². The van der Waals surface area contributed by atoms with Gasteiger partial charge in [0.1, 0.15) is 29.0 Å². The third-order valence-corrected chi connectivity index (χ3v) is 3.65. The molecule has 0 spiro atoms. The molecule has 2 heterocycles. The fraction of sp³-hybridized carbons (Fsp3) is 0.462. The van der Waals surface area contributed by atoms with E-state index in [2.05, 4.69) is 9.98 Å². The van der Waals surface area contributed by atoms with Gasteiger partial charge >= 0.3 is 6.18 Å². The fourth-order valence-electron chi connectivity index (χ4n) is 2.01. The van der Waals surface area contributed by atoms with Crippen LogP contribution in [0.5, 0.6) is 0 Å². The van der Waals surface area contributed by atoms with Gasteiger partial charge in [-0.25, -0.2) is 9.37 Å². The number of amides is 1. The summed E-state index contributed by atoms with van der Waals surface area (Å²) < 4.78 is 57.8. The van der Waals surface area contributed by atoms with E-state index in [1.165, 1.54) is 6.92 Å². The molecule has 23 heavy (non-hydrogen) atoms. The topological polar surface area (TPSA) is 104 Å². The molecule has 0 fully saturated rings. The van der Waals surface area contributed by atoms with Crippen LogP contribution in [0.1, 0.15) is 30.0 Å². The number of halogens is 4. The van der Waals surface area contributed by atoms with Crippen molar-refractivity contribution >= 4 is 12.1 Å². The second kappa shape index (κ2) is 5.24. The van der Waals surface area contributed by atoms with E-state index in [9.17, 15) is 22.4 Å². The second-order valence-corrected chi connectivity index (χ2v) is 5.44. The maximum Gasteiger partial charge on any atom is 0.422 e. The smallest absolute Gasteiger partial charge is 0.364 e. The molecule has 0 aromatic carbocycles. The monoisotopic (exact) mass is 334 g/mol. The first kappa shape index (κ1) is 17.3. The second-order valence-electron chi connectivity index (χ2n) is 5.44. The lowest BCUT2D eigenvalue weighted by Crippen LogP contribution is -2.59. The SMILES string of the molecule is C[C@]1(C(F)(F)F)C=N[C@](C)(c2nc(C(N)=O)ccc2F)C(N)O1. The lowest BCUT2D eigenvalue weighted by atomic mass is 9.91. The molecular formula is C13H14F4N4O2. The largest absolute Gasteiger partial charge is 0.422 e. The number of hydrogen-bond donors (Lipinski definition) is 2. The molecule has 1 aromatic heterocycles. The van der Waals surface area contributed by atoms with Crippen LogP contribution in [0.15, 0.2) is 17.1 Å². The molecule has 0 saturated heterocycles. The van der Waals surface area contributed by atoms with E-state index >= 15 is 0 Å². The summed E-state index contributed by atoms with van der Waals surface area (Å²) in [7, 11) is 0. The molecular weight excluding hydrogens is 320 g/mol. The van der Waals surface area contributed by atoms with Crippen molar-refractivity contribution in [2.75, 3.05) is 0 Å². The number of aliphatic imine (C=N–C) groups is 1. The maximum atomic E-state index is 14.0. The highest BCUT2D eigenvalue weighted by Gasteiger charge is 2.57. The van der Waals surface area contributed by atoms with Gasteiger partial charge in [-0.05, 0) is 26.0 Å². The molecule has 126 valence electrons. The number of carbonyl (C=O) groups is 1. The van der Waals surface area contributed by atoms with Crippen molar-refractivity contribution in [3.8, 4) is 0 Å². The van der Waals surface area contributed by atoms with Gasteiger partial charge in [-0.1, -0.05) is 0 Å². The quantitative estimate of drug-likeness (QED) is 0.794. The zero-order valence-electron chi connectivity index (χ0n) is 12.2. The molecule has 6 nitrogen and oxygen atoms in total. The van der Waals surface area contributed by atoms with Gasteiger partial charge in [0.25, 0.3) is 5.91 Å². The third kappa shape index (κ3) is 2.79. The Bertz CT molecular complexity index is 678. The molecule has 1 unspecified atom stereocenters. The van der Waals surface area contributed by atoms with Crippen molar-refractivity contribution in [2.24, 2.45) is 16.5 Å². The van der Waals surface area contributed by atoms with Gasteiger partial charge in [0, 0.05) is 6.21 Å². The number of nitrogens with zero attached hydrogens (tertiary/aromatic N) is 2.